The fourth-order valence-electron chi connectivity index (χ4n) is 1.47. The van der Waals surface area contributed by atoms with Gasteiger partial charge < -0.3 is 5.32 Å². The van der Waals surface area contributed by atoms with Crippen LogP contribution < -0.4 is 5.32 Å². The number of benzene rings is 1. The Hall–Kier alpha value is -1.53. The molecule has 0 aliphatic rings. The summed E-state index contributed by atoms with van der Waals surface area (Å²) in [6.45, 7) is 3.92. The molecule has 4 heteroatoms. The Morgan fingerprint density at radius 1 is 1.53 bits per heavy atom. The average Bonchev–Trinajstić information content (AvgIpc) is 2.24. The Balaban J connectivity index is 2.73. The zero-order valence-electron chi connectivity index (χ0n) is 9.90. The van der Waals surface area contributed by atoms with Crippen molar-refractivity contribution in [1.29, 1.82) is 5.26 Å². The first kappa shape index (κ1) is 13.5. The first-order valence-corrected chi connectivity index (χ1v) is 5.85. The van der Waals surface area contributed by atoms with Gasteiger partial charge in [-0.25, -0.2) is 0 Å². The van der Waals surface area contributed by atoms with Crippen LogP contribution >= 0.6 is 11.6 Å². The Kier molecular flexibility index (Phi) is 4.99. The summed E-state index contributed by atoms with van der Waals surface area (Å²) in [6.07, 6.45) is 0.415. The molecule has 1 rings (SSSR count). The van der Waals surface area contributed by atoms with E-state index in [-0.39, 0.29) is 11.8 Å². The molecule has 0 heterocycles. The number of hydrogen-bond donors (Lipinski definition) is 1. The van der Waals surface area contributed by atoms with E-state index >= 15 is 0 Å². The molecule has 0 aliphatic carbocycles. The minimum atomic E-state index is -0.639. The van der Waals surface area contributed by atoms with Crippen LogP contribution in [0.1, 0.15) is 31.9 Å². The Morgan fingerprint density at radius 3 is 2.76 bits per heavy atom. The van der Waals surface area contributed by atoms with Gasteiger partial charge in [0.1, 0.15) is 6.04 Å². The van der Waals surface area contributed by atoms with Gasteiger partial charge in [-0.15, -0.1) is 0 Å². The predicted octanol–water partition coefficient (Wildman–Crippen LogP) is 3.07. The smallest absolute Gasteiger partial charge is 0.221 e. The van der Waals surface area contributed by atoms with E-state index in [1.807, 2.05) is 13.8 Å². The van der Waals surface area contributed by atoms with Crippen LogP contribution in [-0.2, 0) is 4.79 Å². The fourth-order valence-corrected chi connectivity index (χ4v) is 1.67. The van der Waals surface area contributed by atoms with Crippen molar-refractivity contribution in [2.75, 3.05) is 0 Å². The zero-order chi connectivity index (χ0) is 12.8. The minimum absolute atomic E-state index is 0.119. The summed E-state index contributed by atoms with van der Waals surface area (Å²) in [5, 5.41) is 12.3. The highest BCUT2D eigenvalue weighted by atomic mass is 35.5. The van der Waals surface area contributed by atoms with Crippen molar-refractivity contribution in [2.24, 2.45) is 5.92 Å². The average molecular weight is 251 g/mol. The number of nitrogens with one attached hydrogen (secondary N) is 1. The summed E-state index contributed by atoms with van der Waals surface area (Å²) in [6, 6.07) is 8.37. The Labute approximate surface area is 106 Å². The molecule has 1 aromatic rings. The molecule has 0 saturated carbocycles. The van der Waals surface area contributed by atoms with E-state index in [0.717, 1.165) is 0 Å². The maximum Gasteiger partial charge on any atom is 0.221 e. The van der Waals surface area contributed by atoms with Gasteiger partial charge in [0.15, 0.2) is 0 Å². The lowest BCUT2D eigenvalue weighted by Crippen LogP contribution is -2.28. The summed E-state index contributed by atoms with van der Waals surface area (Å²) in [4.78, 5) is 11.6. The van der Waals surface area contributed by atoms with Crippen molar-refractivity contribution in [3.63, 3.8) is 0 Å². The van der Waals surface area contributed by atoms with Gasteiger partial charge in [-0.05, 0) is 23.6 Å². The molecule has 0 aliphatic heterocycles. The van der Waals surface area contributed by atoms with Crippen molar-refractivity contribution >= 4 is 17.5 Å². The number of rotatable bonds is 4. The third-order valence-corrected chi connectivity index (χ3v) is 2.45. The van der Waals surface area contributed by atoms with Crippen molar-refractivity contribution < 1.29 is 4.79 Å². The lowest BCUT2D eigenvalue weighted by molar-refractivity contribution is -0.122. The number of nitriles is 1. The van der Waals surface area contributed by atoms with Crippen molar-refractivity contribution in [2.45, 2.75) is 26.3 Å². The van der Waals surface area contributed by atoms with Crippen molar-refractivity contribution in [1.82, 2.24) is 5.32 Å². The third-order valence-electron chi connectivity index (χ3n) is 2.21. The van der Waals surface area contributed by atoms with Gasteiger partial charge in [-0.2, -0.15) is 5.26 Å². The predicted molar refractivity (Wildman–Crippen MR) is 67.4 cm³/mol. The molecule has 0 radical (unpaired) electrons. The second-order valence-corrected chi connectivity index (χ2v) is 4.72. The number of carbonyl (C=O) groups excluding carboxylic acids is 1. The van der Waals surface area contributed by atoms with Gasteiger partial charge in [0.05, 0.1) is 6.07 Å². The quantitative estimate of drug-likeness (QED) is 0.893. The summed E-state index contributed by atoms with van der Waals surface area (Å²) >= 11 is 5.84. The monoisotopic (exact) mass is 250 g/mol. The van der Waals surface area contributed by atoms with E-state index in [1.54, 1.807) is 24.3 Å². The maximum absolute atomic E-state index is 11.6. The molecular weight excluding hydrogens is 236 g/mol. The SMILES string of the molecule is CC(C)CC(=O)NC(C#N)c1cccc(Cl)c1. The molecule has 0 saturated heterocycles. The number of hydrogen-bond acceptors (Lipinski definition) is 2. The highest BCUT2D eigenvalue weighted by molar-refractivity contribution is 6.30. The molecule has 90 valence electrons. The normalized spacial score (nSPS) is 11.9. The molecule has 1 N–H and O–H groups in total. The van der Waals surface area contributed by atoms with E-state index in [4.69, 9.17) is 16.9 Å². The van der Waals surface area contributed by atoms with Crippen molar-refractivity contribution in [3.05, 3.63) is 34.9 Å². The van der Waals surface area contributed by atoms with Gasteiger partial charge in [-0.1, -0.05) is 37.6 Å². The standard InChI is InChI=1S/C13H15ClN2O/c1-9(2)6-13(17)16-12(8-15)10-4-3-5-11(14)7-10/h3-5,7,9,12H,6H2,1-2H3,(H,16,17). The summed E-state index contributed by atoms with van der Waals surface area (Å²) in [5.41, 5.74) is 0.706. The van der Waals surface area contributed by atoms with E-state index in [1.165, 1.54) is 0 Å². The first-order valence-electron chi connectivity index (χ1n) is 5.47. The van der Waals surface area contributed by atoms with Gasteiger partial charge >= 0.3 is 0 Å². The molecule has 0 bridgehead atoms. The maximum atomic E-state index is 11.6. The summed E-state index contributed by atoms with van der Waals surface area (Å²) in [5.74, 6) is 0.153. The summed E-state index contributed by atoms with van der Waals surface area (Å²) < 4.78 is 0. The molecule has 1 aromatic carbocycles. The van der Waals surface area contributed by atoms with Crippen LogP contribution in [-0.4, -0.2) is 5.91 Å². The minimum Gasteiger partial charge on any atom is -0.337 e. The van der Waals surface area contributed by atoms with Crippen LogP contribution in [0.25, 0.3) is 0 Å². The lowest BCUT2D eigenvalue weighted by atomic mass is 10.1. The van der Waals surface area contributed by atoms with Gasteiger partial charge in [0.25, 0.3) is 0 Å². The molecule has 1 unspecified atom stereocenters. The molecule has 3 nitrogen and oxygen atoms in total. The number of carbonyl (C=O) groups is 1. The molecule has 0 fully saturated rings. The highest BCUT2D eigenvalue weighted by Crippen LogP contribution is 2.17. The topological polar surface area (TPSA) is 52.9 Å². The second-order valence-electron chi connectivity index (χ2n) is 4.28. The van der Waals surface area contributed by atoms with Crippen LogP contribution in [0.4, 0.5) is 0 Å². The Morgan fingerprint density at radius 2 is 2.24 bits per heavy atom. The highest BCUT2D eigenvalue weighted by Gasteiger charge is 2.14. The fraction of sp³-hybridized carbons (Fsp3) is 0.385. The zero-order valence-corrected chi connectivity index (χ0v) is 10.7. The number of nitrogens with zero attached hydrogens (tertiary/aromatic N) is 1. The van der Waals surface area contributed by atoms with Gasteiger partial charge in [-0.3, -0.25) is 4.79 Å². The van der Waals surface area contributed by atoms with Crippen molar-refractivity contribution in [3.8, 4) is 6.07 Å². The molecule has 0 spiro atoms. The summed E-state index contributed by atoms with van der Waals surface area (Å²) in [7, 11) is 0. The van der Waals surface area contributed by atoms with Gasteiger partial charge in [0.2, 0.25) is 5.91 Å². The largest absolute Gasteiger partial charge is 0.337 e. The van der Waals surface area contributed by atoms with Crippen LogP contribution in [0.15, 0.2) is 24.3 Å². The van der Waals surface area contributed by atoms with Gasteiger partial charge in [0, 0.05) is 11.4 Å². The lowest BCUT2D eigenvalue weighted by Gasteiger charge is -2.13. The van der Waals surface area contributed by atoms with Crippen LogP contribution in [0, 0.1) is 17.2 Å². The van der Waals surface area contributed by atoms with Crippen LogP contribution in [0.5, 0.6) is 0 Å². The van der Waals surface area contributed by atoms with E-state index in [9.17, 15) is 4.79 Å². The molecule has 17 heavy (non-hydrogen) atoms. The molecule has 0 aromatic heterocycles. The Bertz CT molecular complexity index is 437. The van der Waals surface area contributed by atoms with Crippen LogP contribution in [0.3, 0.4) is 0 Å². The molecule has 1 atom stereocenters. The molecular formula is C13H15ClN2O. The number of amides is 1. The van der Waals surface area contributed by atoms with E-state index in [2.05, 4.69) is 11.4 Å². The third kappa shape index (κ3) is 4.46. The second kappa shape index (κ2) is 6.27. The first-order chi connectivity index (χ1) is 8.02. The van der Waals surface area contributed by atoms with Crippen LogP contribution in [0.2, 0.25) is 5.02 Å². The van der Waals surface area contributed by atoms with E-state index in [0.29, 0.717) is 17.0 Å². The number of halogens is 1. The molecule has 1 amide bonds. The van der Waals surface area contributed by atoms with E-state index < -0.39 is 6.04 Å².